The second-order valence-corrected chi connectivity index (χ2v) is 11.3. The second kappa shape index (κ2) is 8.88. The highest BCUT2D eigenvalue weighted by Gasteiger charge is 2.36. The Bertz CT molecular complexity index is 1120. The van der Waals surface area contributed by atoms with Crippen LogP contribution in [0.15, 0.2) is 40.5 Å². The van der Waals surface area contributed by atoms with Gasteiger partial charge in [-0.05, 0) is 38.3 Å². The number of hydrogen-bond donors (Lipinski definition) is 1. The SMILES string of the molecule is Cc1cnc(NC(=O)C(=NOC[C@H]2CCC(=O)C2)c2ccc(S(=O)(=O)C3CC3)cc2)s1. The van der Waals surface area contributed by atoms with Crippen molar-refractivity contribution in [3.05, 3.63) is 40.9 Å². The van der Waals surface area contributed by atoms with Crippen LogP contribution in [0.3, 0.4) is 0 Å². The van der Waals surface area contributed by atoms with E-state index in [1.165, 1.54) is 23.5 Å². The maximum atomic E-state index is 12.9. The summed E-state index contributed by atoms with van der Waals surface area (Å²) in [5.74, 6) is -0.204. The number of anilines is 1. The average Bonchev–Trinajstić information content (AvgIpc) is 3.42. The number of Topliss-reactive ketones (excluding diaryl/α,β-unsaturated/α-hetero) is 1. The highest BCUT2D eigenvalue weighted by atomic mass is 32.2. The van der Waals surface area contributed by atoms with Crippen molar-refractivity contribution in [3.63, 3.8) is 0 Å². The first-order chi connectivity index (χ1) is 14.8. The molecule has 1 amide bonds. The molecule has 0 aliphatic heterocycles. The molecule has 4 rings (SSSR count). The number of amides is 1. The molecule has 2 aromatic rings. The molecule has 31 heavy (non-hydrogen) atoms. The molecule has 0 bridgehead atoms. The van der Waals surface area contributed by atoms with Crippen molar-refractivity contribution in [1.82, 2.24) is 4.98 Å². The molecular formula is C21H23N3O5S2. The number of nitrogens with zero attached hydrogens (tertiary/aromatic N) is 2. The molecule has 0 spiro atoms. The maximum Gasteiger partial charge on any atom is 0.280 e. The fourth-order valence-corrected chi connectivity index (χ4v) is 5.72. The van der Waals surface area contributed by atoms with Gasteiger partial charge < -0.3 is 4.84 Å². The number of aryl methyl sites for hydroxylation is 1. The molecule has 164 valence electrons. The van der Waals surface area contributed by atoms with Crippen LogP contribution in [-0.2, 0) is 24.3 Å². The van der Waals surface area contributed by atoms with E-state index in [1.807, 2.05) is 6.92 Å². The van der Waals surface area contributed by atoms with E-state index >= 15 is 0 Å². The molecule has 10 heteroatoms. The van der Waals surface area contributed by atoms with Crippen molar-refractivity contribution in [1.29, 1.82) is 0 Å². The minimum absolute atomic E-state index is 0.0209. The van der Waals surface area contributed by atoms with Crippen LogP contribution < -0.4 is 5.32 Å². The molecule has 1 heterocycles. The molecule has 0 saturated heterocycles. The van der Waals surface area contributed by atoms with Gasteiger partial charge >= 0.3 is 0 Å². The van der Waals surface area contributed by atoms with Gasteiger partial charge in [-0.1, -0.05) is 17.3 Å². The summed E-state index contributed by atoms with van der Waals surface area (Å²) < 4.78 is 24.9. The molecule has 8 nitrogen and oxygen atoms in total. The third kappa shape index (κ3) is 5.19. The third-order valence-corrected chi connectivity index (χ3v) is 8.40. The van der Waals surface area contributed by atoms with Crippen LogP contribution in [0.4, 0.5) is 5.13 Å². The molecule has 1 atom stereocenters. The van der Waals surface area contributed by atoms with Gasteiger partial charge in [0.15, 0.2) is 20.7 Å². The predicted octanol–water partition coefficient (Wildman–Crippen LogP) is 3.12. The van der Waals surface area contributed by atoms with Gasteiger partial charge in [-0.2, -0.15) is 0 Å². The topological polar surface area (TPSA) is 115 Å². The maximum absolute atomic E-state index is 12.9. The van der Waals surface area contributed by atoms with Crippen molar-refractivity contribution in [2.45, 2.75) is 49.2 Å². The van der Waals surface area contributed by atoms with Crippen molar-refractivity contribution in [2.24, 2.45) is 11.1 Å². The minimum atomic E-state index is -3.32. The number of benzene rings is 1. The first-order valence-corrected chi connectivity index (χ1v) is 12.5. The van der Waals surface area contributed by atoms with E-state index in [2.05, 4.69) is 15.5 Å². The highest BCUT2D eigenvalue weighted by molar-refractivity contribution is 7.92. The molecule has 1 N–H and O–H groups in total. The van der Waals surface area contributed by atoms with E-state index in [-0.39, 0.29) is 34.2 Å². The molecule has 2 aliphatic carbocycles. The Kier molecular flexibility index (Phi) is 6.19. The normalized spacial score (nSPS) is 19.5. The minimum Gasteiger partial charge on any atom is -0.395 e. The molecule has 2 aliphatic rings. The third-order valence-electron chi connectivity index (χ3n) is 5.29. The largest absolute Gasteiger partial charge is 0.395 e. The lowest BCUT2D eigenvalue weighted by molar-refractivity contribution is -0.117. The summed E-state index contributed by atoms with van der Waals surface area (Å²) in [4.78, 5) is 35.1. The van der Waals surface area contributed by atoms with Crippen molar-refractivity contribution in [2.75, 3.05) is 11.9 Å². The number of carbonyl (C=O) groups is 2. The summed E-state index contributed by atoms with van der Waals surface area (Å²) in [6.45, 7) is 2.13. The lowest BCUT2D eigenvalue weighted by Gasteiger charge is -2.10. The number of hydrogen-bond acceptors (Lipinski definition) is 8. The van der Waals surface area contributed by atoms with Gasteiger partial charge in [0.2, 0.25) is 0 Å². The fraction of sp³-hybridized carbons (Fsp3) is 0.429. The van der Waals surface area contributed by atoms with Crippen LogP contribution in [0.5, 0.6) is 0 Å². The molecule has 2 saturated carbocycles. The van der Waals surface area contributed by atoms with Gasteiger partial charge in [0.25, 0.3) is 5.91 Å². The highest BCUT2D eigenvalue weighted by Crippen LogP contribution is 2.33. The molecule has 2 fully saturated rings. The van der Waals surface area contributed by atoms with E-state index in [9.17, 15) is 18.0 Å². The number of ketones is 1. The quantitative estimate of drug-likeness (QED) is 0.477. The van der Waals surface area contributed by atoms with E-state index in [0.29, 0.717) is 36.4 Å². The average molecular weight is 462 g/mol. The summed E-state index contributed by atoms with van der Waals surface area (Å²) in [5.41, 5.74) is 0.454. The van der Waals surface area contributed by atoms with Crippen LogP contribution in [-0.4, -0.2) is 42.7 Å². The standard InChI is InChI=1S/C21H23N3O5S2/c1-13-11-22-21(30-13)23-20(26)19(24-29-12-14-2-5-16(25)10-14)15-3-6-17(7-4-15)31(27,28)18-8-9-18/h3-4,6-7,11,14,18H,2,5,8-10,12H2,1H3,(H,22,23,26)/t14-/m0/s1. The number of rotatable bonds is 8. The Balaban J connectivity index is 1.54. The van der Waals surface area contributed by atoms with Gasteiger partial charge in [-0.3, -0.25) is 14.9 Å². The molecule has 0 radical (unpaired) electrons. The van der Waals surface area contributed by atoms with Crippen molar-refractivity contribution >= 4 is 43.7 Å². The molecular weight excluding hydrogens is 438 g/mol. The van der Waals surface area contributed by atoms with Gasteiger partial charge in [-0.25, -0.2) is 13.4 Å². The van der Waals surface area contributed by atoms with Gasteiger partial charge in [-0.15, -0.1) is 11.3 Å². The monoisotopic (exact) mass is 461 g/mol. The summed E-state index contributed by atoms with van der Waals surface area (Å²) in [5, 5.41) is 6.88. The Morgan fingerprint density at radius 3 is 2.58 bits per heavy atom. The van der Waals surface area contributed by atoms with Crippen LogP contribution in [0.25, 0.3) is 0 Å². The van der Waals surface area contributed by atoms with Gasteiger partial charge in [0.05, 0.1) is 10.1 Å². The zero-order chi connectivity index (χ0) is 22.0. The Morgan fingerprint density at radius 1 is 1.26 bits per heavy atom. The number of thiazole rings is 1. The Labute approximate surface area is 184 Å². The summed E-state index contributed by atoms with van der Waals surface area (Å²) in [7, 11) is -3.32. The fourth-order valence-electron chi connectivity index (χ4n) is 3.41. The predicted molar refractivity (Wildman–Crippen MR) is 117 cm³/mol. The number of carbonyl (C=O) groups excluding carboxylic acids is 2. The van der Waals surface area contributed by atoms with Crippen molar-refractivity contribution < 1.29 is 22.8 Å². The number of aromatic nitrogens is 1. The van der Waals surface area contributed by atoms with Crippen molar-refractivity contribution in [3.8, 4) is 0 Å². The van der Waals surface area contributed by atoms with E-state index in [4.69, 9.17) is 4.84 Å². The van der Waals surface area contributed by atoms with Crippen LogP contribution >= 0.6 is 11.3 Å². The van der Waals surface area contributed by atoms with Crippen LogP contribution in [0, 0.1) is 12.8 Å². The molecule has 1 aromatic carbocycles. The van der Waals surface area contributed by atoms with Gasteiger partial charge in [0, 0.05) is 35.4 Å². The van der Waals surface area contributed by atoms with E-state index < -0.39 is 15.7 Å². The van der Waals surface area contributed by atoms with E-state index in [0.717, 1.165) is 11.3 Å². The first kappa shape index (κ1) is 21.6. The smallest absolute Gasteiger partial charge is 0.280 e. The lowest BCUT2D eigenvalue weighted by Crippen LogP contribution is -2.24. The van der Waals surface area contributed by atoms with E-state index in [1.54, 1.807) is 18.3 Å². The van der Waals surface area contributed by atoms with Crippen LogP contribution in [0.1, 0.15) is 42.5 Å². The van der Waals surface area contributed by atoms with Crippen LogP contribution in [0.2, 0.25) is 0 Å². The number of nitrogens with one attached hydrogen (secondary N) is 1. The first-order valence-electron chi connectivity index (χ1n) is 10.1. The summed E-state index contributed by atoms with van der Waals surface area (Å²) >= 11 is 1.33. The second-order valence-electron chi connectivity index (χ2n) is 7.88. The Hall–Kier alpha value is -2.59. The number of oxime groups is 1. The number of sulfone groups is 1. The molecule has 1 aromatic heterocycles. The molecule has 0 unspecified atom stereocenters. The lowest BCUT2D eigenvalue weighted by atomic mass is 10.1. The summed E-state index contributed by atoms with van der Waals surface area (Å²) in [6, 6.07) is 6.11. The zero-order valence-corrected chi connectivity index (χ0v) is 18.7. The zero-order valence-electron chi connectivity index (χ0n) is 17.0. The van der Waals surface area contributed by atoms with Gasteiger partial charge in [0.1, 0.15) is 12.4 Å². The summed E-state index contributed by atoms with van der Waals surface area (Å²) in [6.07, 6.45) is 4.78. The Morgan fingerprint density at radius 2 is 2.00 bits per heavy atom.